The molecule has 0 bridgehead atoms. The lowest BCUT2D eigenvalue weighted by Crippen LogP contribution is -2.21. The summed E-state index contributed by atoms with van der Waals surface area (Å²) < 4.78 is 37.2. The van der Waals surface area contributed by atoms with Crippen LogP contribution in [0, 0.1) is 6.92 Å². The molecule has 0 aliphatic carbocycles. The molecule has 0 aromatic heterocycles. The van der Waals surface area contributed by atoms with E-state index in [1.165, 1.54) is 0 Å². The monoisotopic (exact) mass is 355 g/mol. The number of rotatable bonds is 7. The third-order valence-corrected chi connectivity index (χ3v) is 4.62. The lowest BCUT2D eigenvalue weighted by Gasteiger charge is -2.12. The Balaban J connectivity index is 1.92. The highest BCUT2D eigenvalue weighted by Gasteiger charge is 2.12. The molecule has 23 heavy (non-hydrogen) atoms. The zero-order chi connectivity index (χ0) is 16.9. The molecule has 0 unspecified atom stereocenters. The van der Waals surface area contributed by atoms with Gasteiger partial charge in [-0.2, -0.15) is 0 Å². The molecule has 0 amide bonds. The van der Waals surface area contributed by atoms with Gasteiger partial charge < -0.3 is 9.47 Å². The summed E-state index contributed by atoms with van der Waals surface area (Å²) in [4.78, 5) is 0. The molecule has 0 spiro atoms. The molecule has 0 radical (unpaired) electrons. The molecule has 5 nitrogen and oxygen atoms in total. The summed E-state index contributed by atoms with van der Waals surface area (Å²) in [6.45, 7) is 1.85. The van der Waals surface area contributed by atoms with Gasteiger partial charge in [0.15, 0.2) is 0 Å². The second-order valence-corrected chi connectivity index (χ2v) is 7.18. The Morgan fingerprint density at radius 2 is 1.74 bits per heavy atom. The average molecular weight is 356 g/mol. The molecule has 7 heteroatoms. The Morgan fingerprint density at radius 1 is 1.09 bits per heavy atom. The maximum Gasteiger partial charge on any atom is 0.236 e. The first-order valence-electron chi connectivity index (χ1n) is 6.93. The number of nitrogens with one attached hydrogen (secondary N) is 1. The highest BCUT2D eigenvalue weighted by Crippen LogP contribution is 2.21. The second-order valence-electron chi connectivity index (χ2n) is 4.90. The zero-order valence-corrected chi connectivity index (χ0v) is 14.4. The number of anilines is 1. The summed E-state index contributed by atoms with van der Waals surface area (Å²) in [6.07, 6.45) is 0. The number of halogens is 1. The van der Waals surface area contributed by atoms with Gasteiger partial charge in [-0.05, 0) is 48.9 Å². The number of sulfonamides is 1. The number of aryl methyl sites for hydroxylation is 1. The Morgan fingerprint density at radius 3 is 2.39 bits per heavy atom. The normalized spacial score (nSPS) is 11.1. The minimum absolute atomic E-state index is 0.0429. The molecular weight excluding hydrogens is 338 g/mol. The van der Waals surface area contributed by atoms with E-state index in [1.54, 1.807) is 49.6 Å². The third kappa shape index (κ3) is 5.33. The van der Waals surface area contributed by atoms with Gasteiger partial charge in [0, 0.05) is 5.02 Å². The van der Waals surface area contributed by atoms with Crippen molar-refractivity contribution >= 4 is 27.3 Å². The highest BCUT2D eigenvalue weighted by molar-refractivity contribution is 7.92. The van der Waals surface area contributed by atoms with Crippen LogP contribution in [0.1, 0.15) is 5.56 Å². The standard InChI is InChI=1S/C16H18ClNO4S/c1-12-3-4-13(17)11-16(12)18-23(19,20)10-9-22-15-7-5-14(21-2)6-8-15/h3-8,11,18H,9-10H2,1-2H3. The summed E-state index contributed by atoms with van der Waals surface area (Å²) >= 11 is 5.89. The summed E-state index contributed by atoms with van der Waals surface area (Å²) in [5.41, 5.74) is 1.27. The van der Waals surface area contributed by atoms with Crippen LogP contribution in [0.4, 0.5) is 5.69 Å². The summed E-state index contributed by atoms with van der Waals surface area (Å²) in [6, 6.07) is 12.0. The molecule has 1 N–H and O–H groups in total. The molecular formula is C16H18ClNO4S. The van der Waals surface area contributed by atoms with Crippen LogP contribution in [0.2, 0.25) is 5.02 Å². The van der Waals surface area contributed by atoms with Crippen molar-refractivity contribution in [2.75, 3.05) is 24.2 Å². The van der Waals surface area contributed by atoms with E-state index in [0.717, 1.165) is 5.56 Å². The Bertz CT molecular complexity index is 760. The predicted molar refractivity (Wildman–Crippen MR) is 92.1 cm³/mol. The SMILES string of the molecule is COc1ccc(OCCS(=O)(=O)Nc2cc(Cl)ccc2C)cc1. The van der Waals surface area contributed by atoms with Crippen LogP contribution in [0.25, 0.3) is 0 Å². The Labute approximate surface area is 141 Å². The van der Waals surface area contributed by atoms with Crippen LogP contribution < -0.4 is 14.2 Å². The van der Waals surface area contributed by atoms with Crippen molar-refractivity contribution in [2.45, 2.75) is 6.92 Å². The predicted octanol–water partition coefficient (Wildman–Crippen LogP) is 3.48. The fourth-order valence-electron chi connectivity index (χ4n) is 1.86. The smallest absolute Gasteiger partial charge is 0.236 e. The number of methoxy groups -OCH3 is 1. The van der Waals surface area contributed by atoms with Gasteiger partial charge in [-0.3, -0.25) is 4.72 Å². The van der Waals surface area contributed by atoms with Crippen molar-refractivity contribution in [3.8, 4) is 11.5 Å². The number of benzene rings is 2. The van der Waals surface area contributed by atoms with Gasteiger partial charge in [-0.25, -0.2) is 8.42 Å². The lowest BCUT2D eigenvalue weighted by atomic mass is 10.2. The minimum atomic E-state index is -3.52. The van der Waals surface area contributed by atoms with Crippen molar-refractivity contribution in [1.82, 2.24) is 0 Å². The number of hydrogen-bond donors (Lipinski definition) is 1. The van der Waals surface area contributed by atoms with Crippen molar-refractivity contribution in [2.24, 2.45) is 0 Å². The first-order valence-corrected chi connectivity index (χ1v) is 8.96. The number of ether oxygens (including phenoxy) is 2. The van der Waals surface area contributed by atoms with E-state index < -0.39 is 10.0 Å². The fraction of sp³-hybridized carbons (Fsp3) is 0.250. The second kappa shape index (κ2) is 7.57. The molecule has 2 aromatic rings. The van der Waals surface area contributed by atoms with E-state index in [-0.39, 0.29) is 12.4 Å². The van der Waals surface area contributed by atoms with E-state index in [4.69, 9.17) is 21.1 Å². The van der Waals surface area contributed by atoms with Crippen molar-refractivity contribution < 1.29 is 17.9 Å². The van der Waals surface area contributed by atoms with Crippen molar-refractivity contribution in [3.05, 3.63) is 53.1 Å². The van der Waals surface area contributed by atoms with Crippen LogP contribution >= 0.6 is 11.6 Å². The van der Waals surface area contributed by atoms with Crippen LogP contribution in [-0.2, 0) is 10.0 Å². The Kier molecular flexibility index (Phi) is 5.74. The summed E-state index contributed by atoms with van der Waals surface area (Å²) in [5, 5.41) is 0.475. The molecule has 0 aliphatic heterocycles. The quantitative estimate of drug-likeness (QED) is 0.825. The Hall–Kier alpha value is -1.92. The van der Waals surface area contributed by atoms with Crippen LogP contribution in [0.15, 0.2) is 42.5 Å². The topological polar surface area (TPSA) is 64.6 Å². The lowest BCUT2D eigenvalue weighted by molar-refractivity contribution is 0.340. The van der Waals surface area contributed by atoms with Gasteiger partial charge in [0.25, 0.3) is 0 Å². The van der Waals surface area contributed by atoms with Crippen LogP contribution in [-0.4, -0.2) is 27.9 Å². The van der Waals surface area contributed by atoms with Gasteiger partial charge in [0.2, 0.25) is 10.0 Å². The molecule has 0 aliphatic rings. The molecule has 0 atom stereocenters. The van der Waals surface area contributed by atoms with Crippen molar-refractivity contribution in [3.63, 3.8) is 0 Å². The largest absolute Gasteiger partial charge is 0.497 e. The molecule has 0 fully saturated rings. The molecule has 2 rings (SSSR count). The van der Waals surface area contributed by atoms with Gasteiger partial charge in [-0.15, -0.1) is 0 Å². The first kappa shape index (κ1) is 17.4. The van der Waals surface area contributed by atoms with Gasteiger partial charge in [0.1, 0.15) is 23.9 Å². The van der Waals surface area contributed by atoms with Gasteiger partial charge in [0.05, 0.1) is 12.8 Å². The van der Waals surface area contributed by atoms with E-state index in [0.29, 0.717) is 22.2 Å². The van der Waals surface area contributed by atoms with E-state index in [2.05, 4.69) is 4.72 Å². The van der Waals surface area contributed by atoms with E-state index in [9.17, 15) is 8.42 Å². The van der Waals surface area contributed by atoms with E-state index >= 15 is 0 Å². The maximum atomic E-state index is 12.1. The zero-order valence-electron chi connectivity index (χ0n) is 12.9. The maximum absolute atomic E-state index is 12.1. The summed E-state index contributed by atoms with van der Waals surface area (Å²) in [7, 11) is -1.94. The molecule has 0 saturated heterocycles. The first-order chi connectivity index (χ1) is 10.9. The minimum Gasteiger partial charge on any atom is -0.497 e. The van der Waals surface area contributed by atoms with Crippen molar-refractivity contribution in [1.29, 1.82) is 0 Å². The average Bonchev–Trinajstić information content (AvgIpc) is 2.51. The third-order valence-electron chi connectivity index (χ3n) is 3.15. The van der Waals surface area contributed by atoms with Crippen LogP contribution in [0.3, 0.4) is 0 Å². The number of hydrogen-bond acceptors (Lipinski definition) is 4. The molecule has 0 saturated carbocycles. The van der Waals surface area contributed by atoms with E-state index in [1.807, 2.05) is 6.92 Å². The molecule has 124 valence electrons. The highest BCUT2D eigenvalue weighted by atomic mass is 35.5. The molecule has 2 aromatic carbocycles. The summed E-state index contributed by atoms with van der Waals surface area (Å²) in [5.74, 6) is 1.13. The van der Waals surface area contributed by atoms with Crippen LogP contribution in [0.5, 0.6) is 11.5 Å². The van der Waals surface area contributed by atoms with Gasteiger partial charge in [-0.1, -0.05) is 17.7 Å². The molecule has 0 heterocycles. The van der Waals surface area contributed by atoms with Gasteiger partial charge >= 0.3 is 0 Å². The fourth-order valence-corrected chi connectivity index (χ4v) is 3.00.